The number of ether oxygens (including phenoxy) is 1. The van der Waals surface area contributed by atoms with E-state index in [2.05, 4.69) is 46.9 Å². The molecule has 0 radical (unpaired) electrons. The van der Waals surface area contributed by atoms with Gasteiger partial charge in [-0.3, -0.25) is 14.4 Å². The van der Waals surface area contributed by atoms with E-state index in [-0.39, 0.29) is 58.1 Å². The number of carbonyl (C=O) groups is 3. The third-order valence-corrected chi connectivity index (χ3v) is 16.0. The topological polar surface area (TPSA) is 113 Å². The summed E-state index contributed by atoms with van der Waals surface area (Å²) in [5, 5.41) is 25.0. The van der Waals surface area contributed by atoms with E-state index in [0.29, 0.717) is 42.5 Å². The first-order chi connectivity index (χ1) is 24.2. The van der Waals surface area contributed by atoms with Gasteiger partial charge in [-0.1, -0.05) is 65.3 Å². The lowest BCUT2D eigenvalue weighted by Gasteiger charge is -2.71. The maximum atomic E-state index is 14.8. The number of hydrogen-bond acceptors (Lipinski definition) is 6. The average molecular weight is 722 g/mol. The van der Waals surface area contributed by atoms with Gasteiger partial charge in [-0.15, -0.1) is 0 Å². The number of allylic oxidation sites excluding steroid dienone is 1. The Morgan fingerprint density at radius 2 is 1.75 bits per heavy atom. The van der Waals surface area contributed by atoms with Crippen LogP contribution in [0.4, 0.5) is 4.39 Å². The molecule has 8 heteroatoms. The van der Waals surface area contributed by atoms with Crippen molar-refractivity contribution in [3.8, 4) is 0 Å². The molecule has 4 fully saturated rings. The predicted octanol–water partition coefficient (Wildman–Crippen LogP) is 8.59. The number of rotatable bonds is 10. The summed E-state index contributed by atoms with van der Waals surface area (Å²) in [6.45, 7) is 19.5. The second-order valence-electron chi connectivity index (χ2n) is 19.4. The number of hydrogen-bond donors (Lipinski definition) is 3. The minimum Gasteiger partial charge on any atom is -0.481 e. The Balaban J connectivity index is 1.24. The van der Waals surface area contributed by atoms with Gasteiger partial charge in [-0.05, 0) is 129 Å². The molecule has 6 rings (SSSR count). The lowest BCUT2D eigenvalue weighted by Crippen LogP contribution is -2.65. The van der Waals surface area contributed by atoms with Gasteiger partial charge in [-0.2, -0.15) is 0 Å². The van der Waals surface area contributed by atoms with Gasteiger partial charge in [-0.25, -0.2) is 4.39 Å². The van der Waals surface area contributed by atoms with Gasteiger partial charge in [0, 0.05) is 30.5 Å². The maximum Gasteiger partial charge on any atom is 0.309 e. The molecule has 0 saturated heterocycles. The largest absolute Gasteiger partial charge is 0.481 e. The lowest BCUT2D eigenvalue weighted by molar-refractivity contribution is -0.218. The Morgan fingerprint density at radius 1 is 1.04 bits per heavy atom. The molecule has 10 atom stereocenters. The number of nitrogens with one attached hydrogen (secondary N) is 1. The summed E-state index contributed by atoms with van der Waals surface area (Å²) in [5.41, 5.74) is 1.68. The Morgan fingerprint density at radius 3 is 2.42 bits per heavy atom. The Kier molecular flexibility index (Phi) is 10.2. The number of aliphatic hydroxyl groups excluding tert-OH is 1. The molecule has 0 heterocycles. The van der Waals surface area contributed by atoms with Crippen LogP contribution in [0.2, 0.25) is 0 Å². The van der Waals surface area contributed by atoms with E-state index < -0.39 is 28.9 Å². The number of aliphatic hydroxyl groups is 1. The lowest BCUT2D eigenvalue weighted by atomic mass is 9.34. The molecule has 52 heavy (non-hydrogen) atoms. The van der Waals surface area contributed by atoms with Crippen molar-refractivity contribution in [3.05, 3.63) is 46.3 Å². The van der Waals surface area contributed by atoms with Crippen molar-refractivity contribution in [1.29, 1.82) is 0 Å². The molecule has 7 nitrogen and oxygen atoms in total. The van der Waals surface area contributed by atoms with Crippen molar-refractivity contribution in [2.24, 2.45) is 56.7 Å². The molecule has 0 bridgehead atoms. The molecular weight excluding hydrogens is 657 g/mol. The van der Waals surface area contributed by atoms with Gasteiger partial charge in [0.15, 0.2) is 5.78 Å². The molecule has 5 aliphatic carbocycles. The van der Waals surface area contributed by atoms with Crippen LogP contribution in [0.1, 0.15) is 131 Å². The number of carboxylic acid groups (broad SMARTS) is 1. The SMILES string of the molecule is Cc1cccc(CNC[C@@H](O)[C@@]23CC[C@]4(C)[C@H](CC[C@@H]5[C@@]6(C)CC[C@H](OC(=O)CC(C)(C)C(=O)O)[C@H](C)[C@@H]6CC[C@]54C)C2=C(C(C)C)C(=O)C3)c1F. The monoisotopic (exact) mass is 721 g/mol. The molecule has 0 amide bonds. The first kappa shape index (κ1) is 39.1. The van der Waals surface area contributed by atoms with E-state index in [9.17, 15) is 29.0 Å². The minimum absolute atomic E-state index is 0.0364. The van der Waals surface area contributed by atoms with Gasteiger partial charge >= 0.3 is 11.9 Å². The molecule has 4 saturated carbocycles. The highest BCUT2D eigenvalue weighted by atomic mass is 19.1. The van der Waals surface area contributed by atoms with E-state index >= 15 is 0 Å². The third kappa shape index (κ3) is 6.01. The fourth-order valence-corrected chi connectivity index (χ4v) is 12.9. The second-order valence-corrected chi connectivity index (χ2v) is 19.4. The van der Waals surface area contributed by atoms with Gasteiger partial charge in [0.2, 0.25) is 0 Å². The van der Waals surface area contributed by atoms with Crippen LogP contribution in [0.25, 0.3) is 0 Å². The molecule has 0 spiro atoms. The molecule has 0 aromatic heterocycles. The van der Waals surface area contributed by atoms with Crippen molar-refractivity contribution in [2.75, 3.05) is 6.54 Å². The van der Waals surface area contributed by atoms with Crippen LogP contribution >= 0.6 is 0 Å². The summed E-state index contributed by atoms with van der Waals surface area (Å²) in [6.07, 6.45) is 6.90. The molecule has 0 unspecified atom stereocenters. The average Bonchev–Trinajstić information content (AvgIpc) is 3.37. The summed E-state index contributed by atoms with van der Waals surface area (Å²) in [4.78, 5) is 38.6. The summed E-state index contributed by atoms with van der Waals surface area (Å²) in [5.74, 6) is -0.0965. The highest BCUT2D eigenvalue weighted by molar-refractivity contribution is 6.00. The van der Waals surface area contributed by atoms with Gasteiger partial charge < -0.3 is 20.3 Å². The number of halogens is 1. The molecular formula is C44H64FNO6. The fourth-order valence-electron chi connectivity index (χ4n) is 12.9. The highest BCUT2D eigenvalue weighted by Gasteiger charge is 2.69. The van der Waals surface area contributed by atoms with E-state index in [0.717, 1.165) is 56.9 Å². The smallest absolute Gasteiger partial charge is 0.309 e. The van der Waals surface area contributed by atoms with Gasteiger partial charge in [0.05, 0.1) is 17.9 Å². The van der Waals surface area contributed by atoms with Crippen molar-refractivity contribution in [3.63, 3.8) is 0 Å². The van der Waals surface area contributed by atoms with E-state index in [1.165, 1.54) is 5.57 Å². The number of ketones is 1. The summed E-state index contributed by atoms with van der Waals surface area (Å²) >= 11 is 0. The zero-order valence-electron chi connectivity index (χ0n) is 33.2. The molecule has 0 aliphatic heterocycles. The van der Waals surface area contributed by atoms with Crippen LogP contribution in [0.3, 0.4) is 0 Å². The summed E-state index contributed by atoms with van der Waals surface area (Å²) in [7, 11) is 0. The van der Waals surface area contributed by atoms with Crippen LogP contribution < -0.4 is 5.32 Å². The first-order valence-corrected chi connectivity index (χ1v) is 20.1. The van der Waals surface area contributed by atoms with E-state index in [1.807, 2.05) is 6.07 Å². The first-order valence-electron chi connectivity index (χ1n) is 20.1. The second kappa shape index (κ2) is 13.6. The number of benzene rings is 1. The molecule has 3 N–H and O–H groups in total. The minimum atomic E-state index is -1.16. The Bertz CT molecular complexity index is 1630. The van der Waals surface area contributed by atoms with Crippen LogP contribution in [-0.4, -0.2) is 46.7 Å². The third-order valence-electron chi connectivity index (χ3n) is 16.0. The summed E-state index contributed by atoms with van der Waals surface area (Å²) in [6, 6.07) is 5.40. The number of aryl methyl sites for hydroxylation is 1. The van der Waals surface area contributed by atoms with Crippen molar-refractivity contribution < 1.29 is 33.7 Å². The number of carboxylic acids is 1. The van der Waals surface area contributed by atoms with Crippen LogP contribution in [0.15, 0.2) is 29.3 Å². The van der Waals surface area contributed by atoms with E-state index in [1.54, 1.807) is 32.9 Å². The number of carbonyl (C=O) groups excluding carboxylic acids is 2. The number of aliphatic carboxylic acids is 1. The number of Topliss-reactive ketones (excluding diaryl/α,β-unsaturated/α-hetero) is 1. The van der Waals surface area contributed by atoms with Crippen molar-refractivity contribution in [1.82, 2.24) is 5.32 Å². The number of esters is 1. The van der Waals surface area contributed by atoms with Crippen LogP contribution in [0, 0.1) is 69.4 Å². The maximum absolute atomic E-state index is 14.8. The zero-order chi connectivity index (χ0) is 38.2. The molecule has 1 aromatic rings. The number of fused-ring (bicyclic) bond motifs is 7. The Hall–Kier alpha value is -2.58. The van der Waals surface area contributed by atoms with Crippen molar-refractivity contribution in [2.45, 2.75) is 145 Å². The normalized spacial score (nSPS) is 37.9. The standard InChI is InChI=1S/C44H64FNO6/c1-25(2)36-31(47)21-44(34(48)24-46-23-28-12-10-11-26(3)38(28)45)20-19-42(8)30(37(36)44)13-14-33-41(7)17-16-32(27(4)29(41)15-18-43(33,42)9)52-35(49)22-40(5,6)39(50)51/h10-12,25,27,29-30,32-34,46,48H,13-24H2,1-9H3,(H,50,51)/t27-,29+,30-,32+,33-,34-,41+,42-,43-,44+/m1/s1. The molecule has 1 aromatic carbocycles. The quantitative estimate of drug-likeness (QED) is 0.208. The predicted molar refractivity (Wildman–Crippen MR) is 200 cm³/mol. The van der Waals surface area contributed by atoms with Crippen LogP contribution in [0.5, 0.6) is 0 Å². The van der Waals surface area contributed by atoms with E-state index in [4.69, 9.17) is 4.74 Å². The molecule has 5 aliphatic rings. The highest BCUT2D eigenvalue weighted by Crippen LogP contribution is 2.76. The van der Waals surface area contributed by atoms with Gasteiger partial charge in [0.25, 0.3) is 0 Å². The molecule has 288 valence electrons. The fraction of sp³-hybridized carbons (Fsp3) is 0.750. The zero-order valence-corrected chi connectivity index (χ0v) is 33.2. The van der Waals surface area contributed by atoms with Crippen LogP contribution in [-0.2, 0) is 25.7 Å². The Labute approximate surface area is 310 Å². The van der Waals surface area contributed by atoms with Gasteiger partial charge in [0.1, 0.15) is 11.9 Å². The summed E-state index contributed by atoms with van der Waals surface area (Å²) < 4.78 is 20.8. The van der Waals surface area contributed by atoms with Crippen molar-refractivity contribution >= 4 is 17.7 Å².